The molecule has 1 rings (SSSR count). The van der Waals surface area contributed by atoms with Crippen LogP contribution in [-0.4, -0.2) is 50.0 Å². The molecule has 1 atom stereocenters. The zero-order chi connectivity index (χ0) is 14.8. The third kappa shape index (κ3) is 6.55. The van der Waals surface area contributed by atoms with Crippen LogP contribution in [0.5, 0.6) is 0 Å². The first kappa shape index (κ1) is 16.5. The van der Waals surface area contributed by atoms with E-state index in [2.05, 4.69) is 25.3 Å². The maximum atomic E-state index is 8.05. The highest BCUT2D eigenvalue weighted by Crippen LogP contribution is 2.10. The Morgan fingerprint density at radius 2 is 2.05 bits per heavy atom. The zero-order valence-corrected chi connectivity index (χ0v) is 11.6. The molecule has 5 N–H and O–H groups in total. The number of halogens is 1. The van der Waals surface area contributed by atoms with E-state index < -0.39 is 5.79 Å². The SMILES string of the molecule is [N-]=[N+]=NCCOCCOCCC1(N)N=C(N)N=C(Cl)N1. The second kappa shape index (κ2) is 8.56. The van der Waals surface area contributed by atoms with Gasteiger partial charge in [-0.3, -0.25) is 5.73 Å². The minimum Gasteiger partial charge on any atom is -0.379 e. The van der Waals surface area contributed by atoms with Gasteiger partial charge in [-0.05, 0) is 17.1 Å². The number of hydrogen-bond acceptors (Lipinski definition) is 8. The summed E-state index contributed by atoms with van der Waals surface area (Å²) >= 11 is 5.72. The molecule has 0 radical (unpaired) electrons. The minimum absolute atomic E-state index is 0.0256. The second-order valence-electron chi connectivity index (χ2n) is 3.85. The van der Waals surface area contributed by atoms with Crippen molar-refractivity contribution in [3.8, 4) is 0 Å². The summed E-state index contributed by atoms with van der Waals surface area (Å²) in [6, 6.07) is 0. The number of nitrogens with one attached hydrogen (secondary N) is 1. The molecule has 0 saturated heterocycles. The van der Waals surface area contributed by atoms with Crippen LogP contribution in [0.15, 0.2) is 15.1 Å². The molecule has 11 heteroatoms. The molecule has 1 aliphatic heterocycles. The first-order valence-electron chi connectivity index (χ1n) is 5.89. The number of nitrogens with two attached hydrogens (primary N) is 2. The molecule has 112 valence electrons. The van der Waals surface area contributed by atoms with Crippen molar-refractivity contribution in [2.24, 2.45) is 26.6 Å². The van der Waals surface area contributed by atoms with Gasteiger partial charge in [0.25, 0.3) is 0 Å². The molecule has 0 spiro atoms. The van der Waals surface area contributed by atoms with E-state index in [9.17, 15) is 0 Å². The van der Waals surface area contributed by atoms with Gasteiger partial charge in [0.2, 0.25) is 11.3 Å². The summed E-state index contributed by atoms with van der Waals surface area (Å²) < 4.78 is 10.5. The summed E-state index contributed by atoms with van der Waals surface area (Å²) in [6.45, 7) is 1.82. The lowest BCUT2D eigenvalue weighted by Crippen LogP contribution is -2.57. The van der Waals surface area contributed by atoms with E-state index in [0.29, 0.717) is 39.4 Å². The molecular weight excluding hydrogens is 288 g/mol. The third-order valence-corrected chi connectivity index (χ3v) is 2.42. The van der Waals surface area contributed by atoms with Crippen LogP contribution in [0.2, 0.25) is 0 Å². The molecule has 0 aromatic heterocycles. The number of amidine groups is 1. The molecule has 0 amide bonds. The van der Waals surface area contributed by atoms with Crippen molar-refractivity contribution in [1.29, 1.82) is 0 Å². The van der Waals surface area contributed by atoms with Crippen LogP contribution in [0, 0.1) is 0 Å². The molecule has 0 aromatic carbocycles. The highest BCUT2D eigenvalue weighted by Gasteiger charge is 2.28. The fraction of sp³-hybridized carbons (Fsp3) is 0.778. The lowest BCUT2D eigenvalue weighted by atomic mass is 10.2. The number of guanidine groups is 1. The summed E-state index contributed by atoms with van der Waals surface area (Å²) in [7, 11) is 0. The number of aliphatic imine (C=N–C) groups is 2. The molecule has 20 heavy (non-hydrogen) atoms. The average molecular weight is 305 g/mol. The quantitative estimate of drug-likeness (QED) is 0.177. The predicted molar refractivity (Wildman–Crippen MR) is 75.2 cm³/mol. The van der Waals surface area contributed by atoms with Crippen molar-refractivity contribution < 1.29 is 9.47 Å². The standard InChI is InChI=1S/C9H17ClN8O2/c10-7-15-8(11)17-9(12,16-7)1-3-19-5-6-20-4-2-14-18-13/h1-6,12H2,(H3,11,15,16,17). The molecule has 1 heterocycles. The third-order valence-electron chi connectivity index (χ3n) is 2.24. The van der Waals surface area contributed by atoms with Crippen LogP contribution in [0.25, 0.3) is 10.4 Å². The summed E-state index contributed by atoms with van der Waals surface area (Å²) in [4.78, 5) is 10.3. The number of rotatable bonds is 9. The molecular formula is C9H17ClN8O2. The highest BCUT2D eigenvalue weighted by atomic mass is 35.5. The molecule has 1 aliphatic rings. The molecule has 1 unspecified atom stereocenters. The number of azide groups is 1. The molecule has 0 bridgehead atoms. The van der Waals surface area contributed by atoms with Crippen LogP contribution in [0.1, 0.15) is 6.42 Å². The van der Waals surface area contributed by atoms with Gasteiger partial charge >= 0.3 is 0 Å². The number of nitrogens with zero attached hydrogens (tertiary/aromatic N) is 5. The molecule has 0 aromatic rings. The van der Waals surface area contributed by atoms with E-state index in [4.69, 9.17) is 38.1 Å². The van der Waals surface area contributed by atoms with Gasteiger partial charge in [0.1, 0.15) is 0 Å². The van der Waals surface area contributed by atoms with Gasteiger partial charge in [-0.25, -0.2) is 4.99 Å². The lowest BCUT2D eigenvalue weighted by Gasteiger charge is -2.28. The Morgan fingerprint density at radius 1 is 1.35 bits per heavy atom. The van der Waals surface area contributed by atoms with E-state index in [-0.39, 0.29) is 11.3 Å². The fourth-order valence-corrected chi connectivity index (χ4v) is 1.63. The van der Waals surface area contributed by atoms with Crippen molar-refractivity contribution in [3.05, 3.63) is 10.4 Å². The maximum Gasteiger partial charge on any atom is 0.221 e. The van der Waals surface area contributed by atoms with Crippen LogP contribution in [0.3, 0.4) is 0 Å². The van der Waals surface area contributed by atoms with E-state index in [1.165, 1.54) is 0 Å². The summed E-state index contributed by atoms with van der Waals surface area (Å²) in [5.74, 6) is -1.08. The molecule has 10 nitrogen and oxygen atoms in total. The topological polar surface area (TPSA) is 156 Å². The Morgan fingerprint density at radius 3 is 2.70 bits per heavy atom. The van der Waals surface area contributed by atoms with E-state index in [0.717, 1.165) is 0 Å². The predicted octanol–water partition coefficient (Wildman–Crippen LogP) is -0.155. The molecule has 0 saturated carbocycles. The van der Waals surface area contributed by atoms with Gasteiger partial charge in [-0.1, -0.05) is 5.11 Å². The monoisotopic (exact) mass is 304 g/mol. The van der Waals surface area contributed by atoms with Crippen molar-refractivity contribution in [1.82, 2.24) is 5.32 Å². The molecule has 0 aliphatic carbocycles. The first-order chi connectivity index (χ1) is 9.56. The van der Waals surface area contributed by atoms with Crippen LogP contribution >= 0.6 is 11.6 Å². The van der Waals surface area contributed by atoms with Crippen LogP contribution < -0.4 is 16.8 Å². The van der Waals surface area contributed by atoms with Crippen LogP contribution in [-0.2, 0) is 9.47 Å². The van der Waals surface area contributed by atoms with Crippen LogP contribution in [0.4, 0.5) is 0 Å². The second-order valence-corrected chi connectivity index (χ2v) is 4.21. The Kier molecular flexibility index (Phi) is 7.05. The molecule has 0 fully saturated rings. The highest BCUT2D eigenvalue weighted by molar-refractivity contribution is 6.65. The summed E-state index contributed by atoms with van der Waals surface area (Å²) in [6.07, 6.45) is 0.373. The number of ether oxygens (including phenoxy) is 2. The summed E-state index contributed by atoms with van der Waals surface area (Å²) in [5, 5.41) is 6.14. The van der Waals surface area contributed by atoms with Crippen molar-refractivity contribution in [2.45, 2.75) is 12.2 Å². The van der Waals surface area contributed by atoms with Gasteiger partial charge in [0, 0.05) is 17.9 Å². The Labute approximate surface area is 120 Å². The van der Waals surface area contributed by atoms with Crippen molar-refractivity contribution in [2.75, 3.05) is 33.0 Å². The average Bonchev–Trinajstić information content (AvgIpc) is 2.35. The first-order valence-corrected chi connectivity index (χ1v) is 6.26. The largest absolute Gasteiger partial charge is 0.379 e. The minimum atomic E-state index is -1.11. The Balaban J connectivity index is 2.09. The number of hydrogen-bond donors (Lipinski definition) is 3. The zero-order valence-electron chi connectivity index (χ0n) is 10.8. The van der Waals surface area contributed by atoms with Gasteiger partial charge in [-0.15, -0.1) is 0 Å². The normalized spacial score (nSPS) is 21.5. The lowest BCUT2D eigenvalue weighted by molar-refractivity contribution is 0.0432. The smallest absolute Gasteiger partial charge is 0.221 e. The summed E-state index contributed by atoms with van der Waals surface area (Å²) in [5.41, 5.74) is 19.5. The maximum absolute atomic E-state index is 8.05. The van der Waals surface area contributed by atoms with Gasteiger partial charge in [0.15, 0.2) is 5.79 Å². The van der Waals surface area contributed by atoms with E-state index in [1.807, 2.05) is 0 Å². The Hall–Kier alpha value is -1.58. The fourth-order valence-electron chi connectivity index (χ4n) is 1.38. The van der Waals surface area contributed by atoms with Gasteiger partial charge in [-0.2, -0.15) is 4.99 Å². The van der Waals surface area contributed by atoms with Gasteiger partial charge in [0.05, 0.1) is 26.4 Å². The van der Waals surface area contributed by atoms with Gasteiger partial charge < -0.3 is 20.5 Å². The van der Waals surface area contributed by atoms with E-state index in [1.54, 1.807) is 0 Å². The van der Waals surface area contributed by atoms with E-state index >= 15 is 0 Å². The van der Waals surface area contributed by atoms with Crippen molar-refractivity contribution >= 4 is 22.9 Å². The Bertz CT molecular complexity index is 422. The van der Waals surface area contributed by atoms with Crippen molar-refractivity contribution in [3.63, 3.8) is 0 Å².